The summed E-state index contributed by atoms with van der Waals surface area (Å²) in [6.45, 7) is 3.98. The van der Waals surface area contributed by atoms with Crippen LogP contribution < -0.4 is 0 Å². The molecule has 0 amide bonds. The molecule has 0 saturated carbocycles. The lowest BCUT2D eigenvalue weighted by atomic mass is 10.3. The van der Waals surface area contributed by atoms with E-state index in [4.69, 9.17) is 0 Å². The zero-order chi connectivity index (χ0) is 9.26. The first-order chi connectivity index (χ1) is 6.31. The Balaban J connectivity index is 2.27. The van der Waals surface area contributed by atoms with Crippen molar-refractivity contribution in [2.45, 2.75) is 19.9 Å². The highest BCUT2D eigenvalue weighted by molar-refractivity contribution is 8.14. The number of thioether (sulfide) groups is 1. The van der Waals surface area contributed by atoms with Gasteiger partial charge in [-0.15, -0.1) is 11.8 Å². The van der Waals surface area contributed by atoms with E-state index >= 15 is 0 Å². The maximum Gasteiger partial charge on any atom is 0.163 e. The average Bonchev–Trinajstić information content (AvgIpc) is 2.47. The molecule has 0 aliphatic carbocycles. The van der Waals surface area contributed by atoms with Crippen LogP contribution in [0.1, 0.15) is 13.8 Å². The second kappa shape index (κ2) is 3.41. The standard InChI is InChI=1S/C8H10N4S/c1-3-13-8-6-7(9-4-10-8)12-5(2)11-6/h4,6H,3H2,1-2H3. The summed E-state index contributed by atoms with van der Waals surface area (Å²) in [6, 6.07) is -0.0186. The van der Waals surface area contributed by atoms with Crippen LogP contribution in [0.5, 0.6) is 0 Å². The van der Waals surface area contributed by atoms with Crippen LogP contribution in [0.3, 0.4) is 0 Å². The predicted molar refractivity (Wildman–Crippen MR) is 58.4 cm³/mol. The number of hydrogen-bond acceptors (Lipinski definition) is 5. The minimum atomic E-state index is -0.0186. The van der Waals surface area contributed by atoms with E-state index < -0.39 is 0 Å². The van der Waals surface area contributed by atoms with E-state index in [0.29, 0.717) is 0 Å². The van der Waals surface area contributed by atoms with E-state index in [-0.39, 0.29) is 6.04 Å². The molecule has 0 saturated heterocycles. The summed E-state index contributed by atoms with van der Waals surface area (Å²) in [5, 5.41) is 1.01. The minimum absolute atomic E-state index is 0.0186. The van der Waals surface area contributed by atoms with Crippen molar-refractivity contribution in [3.05, 3.63) is 0 Å². The summed E-state index contributed by atoms with van der Waals surface area (Å²) >= 11 is 1.70. The molecule has 0 spiro atoms. The van der Waals surface area contributed by atoms with Gasteiger partial charge in [0.2, 0.25) is 0 Å². The monoisotopic (exact) mass is 194 g/mol. The largest absolute Gasteiger partial charge is 0.252 e. The van der Waals surface area contributed by atoms with Crippen LogP contribution in [0, 0.1) is 0 Å². The van der Waals surface area contributed by atoms with Gasteiger partial charge in [-0.25, -0.2) is 15.0 Å². The molecule has 0 aromatic rings. The molecule has 0 aromatic carbocycles. The van der Waals surface area contributed by atoms with E-state index in [2.05, 4.69) is 26.9 Å². The first kappa shape index (κ1) is 8.62. The fraction of sp³-hybridized carbons (Fsp3) is 0.500. The highest BCUT2D eigenvalue weighted by Gasteiger charge is 2.27. The number of rotatable bonds is 1. The topological polar surface area (TPSA) is 49.4 Å². The van der Waals surface area contributed by atoms with E-state index in [9.17, 15) is 0 Å². The normalized spacial score (nSPS) is 25.1. The van der Waals surface area contributed by atoms with E-state index in [0.717, 1.165) is 22.5 Å². The number of nitrogens with zero attached hydrogens (tertiary/aromatic N) is 4. The van der Waals surface area contributed by atoms with Crippen molar-refractivity contribution in [3.8, 4) is 0 Å². The Labute approximate surface area is 81.0 Å². The molecule has 2 rings (SSSR count). The summed E-state index contributed by atoms with van der Waals surface area (Å²) in [5.74, 6) is 2.58. The van der Waals surface area contributed by atoms with Crippen LogP contribution in [0.2, 0.25) is 0 Å². The van der Waals surface area contributed by atoms with Crippen molar-refractivity contribution in [2.75, 3.05) is 5.75 Å². The first-order valence-corrected chi connectivity index (χ1v) is 5.16. The van der Waals surface area contributed by atoms with Gasteiger partial charge in [0, 0.05) is 0 Å². The molecule has 13 heavy (non-hydrogen) atoms. The molecular weight excluding hydrogens is 184 g/mol. The highest BCUT2D eigenvalue weighted by atomic mass is 32.2. The van der Waals surface area contributed by atoms with Gasteiger partial charge in [-0.05, 0) is 12.7 Å². The fourth-order valence-electron chi connectivity index (χ4n) is 1.25. The van der Waals surface area contributed by atoms with Crippen LogP contribution in [0.25, 0.3) is 0 Å². The van der Waals surface area contributed by atoms with Crippen LogP contribution in [0.15, 0.2) is 20.0 Å². The Hall–Kier alpha value is -0.970. The Morgan fingerprint density at radius 1 is 1.54 bits per heavy atom. The van der Waals surface area contributed by atoms with E-state index in [1.54, 1.807) is 18.1 Å². The SMILES string of the molecule is CCSC1=NC=NC2=NC(C)=NC21. The van der Waals surface area contributed by atoms with Gasteiger partial charge in [0.15, 0.2) is 11.9 Å². The maximum absolute atomic E-state index is 4.36. The Bertz CT molecular complexity index is 340. The van der Waals surface area contributed by atoms with E-state index in [1.165, 1.54) is 0 Å². The molecule has 4 nitrogen and oxygen atoms in total. The first-order valence-electron chi connectivity index (χ1n) is 4.17. The molecule has 2 aliphatic heterocycles. The van der Waals surface area contributed by atoms with Gasteiger partial charge < -0.3 is 0 Å². The second-order valence-corrected chi connectivity index (χ2v) is 3.98. The third kappa shape index (κ3) is 1.56. The van der Waals surface area contributed by atoms with Crippen LogP contribution in [-0.4, -0.2) is 34.8 Å². The maximum atomic E-state index is 4.36. The third-order valence-corrected chi connectivity index (χ3v) is 2.65. The van der Waals surface area contributed by atoms with Gasteiger partial charge in [-0.2, -0.15) is 0 Å². The Morgan fingerprint density at radius 2 is 2.38 bits per heavy atom. The van der Waals surface area contributed by atoms with Crippen molar-refractivity contribution >= 4 is 34.8 Å². The molecule has 1 atom stereocenters. The zero-order valence-electron chi connectivity index (χ0n) is 7.56. The summed E-state index contributed by atoms with van der Waals surface area (Å²) in [5.41, 5.74) is 0. The summed E-state index contributed by atoms with van der Waals surface area (Å²) < 4.78 is 0. The van der Waals surface area contributed by atoms with E-state index in [1.807, 2.05) is 6.92 Å². The third-order valence-electron chi connectivity index (χ3n) is 1.74. The molecule has 0 N–H and O–H groups in total. The van der Waals surface area contributed by atoms with Crippen molar-refractivity contribution in [3.63, 3.8) is 0 Å². The molecule has 1 unspecified atom stereocenters. The van der Waals surface area contributed by atoms with Gasteiger partial charge in [-0.1, -0.05) is 6.92 Å². The van der Waals surface area contributed by atoms with Gasteiger partial charge >= 0.3 is 0 Å². The van der Waals surface area contributed by atoms with Gasteiger partial charge in [0.05, 0.1) is 0 Å². The fourth-order valence-corrected chi connectivity index (χ4v) is 1.98. The van der Waals surface area contributed by atoms with Crippen molar-refractivity contribution in [1.29, 1.82) is 0 Å². The minimum Gasteiger partial charge on any atom is -0.252 e. The lowest BCUT2D eigenvalue weighted by molar-refractivity contribution is 1.15. The lowest BCUT2D eigenvalue weighted by Gasteiger charge is -2.11. The number of aliphatic imine (C=N–C) groups is 4. The van der Waals surface area contributed by atoms with Gasteiger partial charge in [-0.3, -0.25) is 4.99 Å². The molecule has 0 aromatic heterocycles. The van der Waals surface area contributed by atoms with Crippen molar-refractivity contribution < 1.29 is 0 Å². The molecular formula is C8H10N4S. The average molecular weight is 194 g/mol. The van der Waals surface area contributed by atoms with Crippen LogP contribution in [-0.2, 0) is 0 Å². The lowest BCUT2D eigenvalue weighted by Crippen LogP contribution is -2.25. The number of hydrogen-bond donors (Lipinski definition) is 0. The highest BCUT2D eigenvalue weighted by Crippen LogP contribution is 2.19. The molecule has 0 bridgehead atoms. The molecule has 68 valence electrons. The second-order valence-electron chi connectivity index (χ2n) is 2.69. The molecule has 2 heterocycles. The van der Waals surface area contributed by atoms with Gasteiger partial charge in [0.1, 0.15) is 17.2 Å². The zero-order valence-corrected chi connectivity index (χ0v) is 8.38. The summed E-state index contributed by atoms with van der Waals surface area (Å²) in [6.07, 6.45) is 1.56. The van der Waals surface area contributed by atoms with Crippen LogP contribution >= 0.6 is 11.8 Å². The van der Waals surface area contributed by atoms with Crippen molar-refractivity contribution in [2.24, 2.45) is 20.0 Å². The Kier molecular flexibility index (Phi) is 2.26. The smallest absolute Gasteiger partial charge is 0.163 e. The summed E-state index contributed by atoms with van der Waals surface area (Å²) in [7, 11) is 0. The predicted octanol–water partition coefficient (Wildman–Crippen LogP) is 1.38. The van der Waals surface area contributed by atoms with Crippen molar-refractivity contribution in [1.82, 2.24) is 0 Å². The van der Waals surface area contributed by atoms with Crippen LogP contribution in [0.4, 0.5) is 0 Å². The van der Waals surface area contributed by atoms with Gasteiger partial charge in [0.25, 0.3) is 0 Å². The molecule has 5 heteroatoms. The molecule has 2 aliphatic rings. The molecule has 0 radical (unpaired) electrons. The summed E-state index contributed by atoms with van der Waals surface area (Å²) in [4.78, 5) is 16.9. The Morgan fingerprint density at radius 3 is 3.15 bits per heavy atom. The number of amidine groups is 2. The quantitative estimate of drug-likeness (QED) is 0.622. The molecule has 0 fully saturated rings. The number of fused-ring (bicyclic) bond motifs is 1.